The highest BCUT2D eigenvalue weighted by atomic mass is 32.2. The summed E-state index contributed by atoms with van der Waals surface area (Å²) in [6.07, 6.45) is 5.13. The average Bonchev–Trinajstić information content (AvgIpc) is 3.32. The van der Waals surface area contributed by atoms with Crippen LogP contribution in [0.1, 0.15) is 63.3 Å². The van der Waals surface area contributed by atoms with Gasteiger partial charge in [0.1, 0.15) is 6.04 Å². The molecule has 3 N–H and O–H groups in total. The molecule has 4 rings (SSSR count). The number of nitrogens with one attached hydrogen (secondary N) is 2. The van der Waals surface area contributed by atoms with E-state index in [2.05, 4.69) is 40.7 Å². The number of benzene rings is 1. The number of halogens is 1. The lowest BCUT2D eigenvalue weighted by Gasteiger charge is -2.36. The van der Waals surface area contributed by atoms with Gasteiger partial charge in [0.05, 0.1) is 16.1 Å². The van der Waals surface area contributed by atoms with Crippen molar-refractivity contribution in [3.63, 3.8) is 0 Å². The fraction of sp³-hybridized carbons (Fsp3) is 0.586. The van der Waals surface area contributed by atoms with Crippen LogP contribution in [0.4, 0.5) is 4.39 Å². The van der Waals surface area contributed by atoms with Crippen LogP contribution in [-0.4, -0.2) is 75.6 Å². The number of nitrogens with zero attached hydrogens (tertiary/aromatic N) is 2. The maximum absolute atomic E-state index is 13.9. The summed E-state index contributed by atoms with van der Waals surface area (Å²) in [5.41, 5.74) is 4.70. The van der Waals surface area contributed by atoms with Crippen molar-refractivity contribution in [3.05, 3.63) is 40.5 Å². The molecule has 11 heteroatoms. The van der Waals surface area contributed by atoms with Crippen molar-refractivity contribution >= 4 is 41.3 Å². The van der Waals surface area contributed by atoms with Gasteiger partial charge >= 0.3 is 0 Å². The maximum atomic E-state index is 13.9. The number of aliphatic hydroxyl groups is 1. The molecule has 0 spiro atoms. The highest BCUT2D eigenvalue weighted by Crippen LogP contribution is 2.40. The Bertz CT molecular complexity index is 1150. The van der Waals surface area contributed by atoms with Gasteiger partial charge in [0, 0.05) is 31.0 Å². The second kappa shape index (κ2) is 14.9. The van der Waals surface area contributed by atoms with Crippen molar-refractivity contribution in [2.24, 2.45) is 0 Å². The molecule has 1 saturated heterocycles. The number of hydrogen-bond acceptors (Lipinski definition) is 7. The molecule has 2 atom stereocenters. The maximum Gasteiger partial charge on any atom is 0.258 e. The number of thioether (sulfide) groups is 1. The molecule has 1 aliphatic carbocycles. The zero-order valence-corrected chi connectivity index (χ0v) is 26.2. The lowest BCUT2D eigenvalue weighted by molar-refractivity contribution is -0.139. The molecule has 2 fully saturated rings. The minimum atomic E-state index is -1.75. The molecule has 3 amide bonds. The molecule has 1 aliphatic heterocycles. The molecule has 2 unspecified atom stereocenters. The van der Waals surface area contributed by atoms with Gasteiger partial charge in [-0.15, -0.1) is 11.3 Å². The summed E-state index contributed by atoms with van der Waals surface area (Å²) < 4.78 is 13.4. The first-order valence-electron chi connectivity index (χ1n) is 13.4. The lowest BCUT2D eigenvalue weighted by atomic mass is 10.0. The monoisotopic (exact) mass is 594 g/mol. The first-order valence-corrected chi connectivity index (χ1v) is 15.5. The normalized spacial score (nSPS) is 17.9. The highest BCUT2D eigenvalue weighted by Gasteiger charge is 2.53. The minimum Gasteiger partial charge on any atom is -0.400 e. The fourth-order valence-corrected chi connectivity index (χ4v) is 5.64. The Hall–Kier alpha value is -2.50. The lowest BCUT2D eigenvalue weighted by Crippen LogP contribution is -2.59. The molecule has 2 heterocycles. The molecule has 2 aliphatic rings. The zero-order chi connectivity index (χ0) is 30.1. The van der Waals surface area contributed by atoms with Crippen LogP contribution in [0.2, 0.25) is 0 Å². The third kappa shape index (κ3) is 8.50. The van der Waals surface area contributed by atoms with Crippen LogP contribution < -0.4 is 10.6 Å². The topological polar surface area (TPSA) is 112 Å². The summed E-state index contributed by atoms with van der Waals surface area (Å²) in [5, 5.41) is 12.4. The van der Waals surface area contributed by atoms with E-state index in [0.29, 0.717) is 6.54 Å². The molecule has 8 nitrogen and oxygen atoms in total. The molecular weight excluding hydrogens is 551 g/mol. The van der Waals surface area contributed by atoms with E-state index in [4.69, 9.17) is 5.11 Å². The standard InChI is InChI=1S/C15H25FN2O2S.C13H14N2OS.CH4O/c1-10-6-5-9-18(10)12(19)11(14(2,3)21-4)17-13(20)15(16)7-8-15;1-9-5-11(13-10(2)15-8-17-13)3-4-12(9)6-14-7-16;1-2/h10-11H,5-9H2,1-4H3,(H,17,20);3-5,7-8H,6H2,1-2H3,(H,14,16);2H,1H3. The summed E-state index contributed by atoms with van der Waals surface area (Å²) in [7, 11) is 1.00. The number of amides is 3. The number of aliphatic hydroxyl groups excluding tert-OH is 1. The summed E-state index contributed by atoms with van der Waals surface area (Å²) in [5.74, 6) is -0.716. The Kier molecular flexibility index (Phi) is 12.6. The van der Waals surface area contributed by atoms with E-state index in [1.165, 1.54) is 27.8 Å². The second-order valence-electron chi connectivity index (χ2n) is 10.6. The van der Waals surface area contributed by atoms with E-state index < -0.39 is 22.4 Å². The van der Waals surface area contributed by atoms with E-state index >= 15 is 0 Å². The van der Waals surface area contributed by atoms with Gasteiger partial charge in [-0.3, -0.25) is 14.4 Å². The van der Waals surface area contributed by atoms with Gasteiger partial charge in [0.2, 0.25) is 12.3 Å². The van der Waals surface area contributed by atoms with Gasteiger partial charge in [0.25, 0.3) is 5.91 Å². The van der Waals surface area contributed by atoms with Crippen molar-refractivity contribution in [3.8, 4) is 10.4 Å². The fourth-order valence-electron chi connectivity index (χ4n) is 4.44. The van der Waals surface area contributed by atoms with Gasteiger partial charge in [-0.2, -0.15) is 11.8 Å². The van der Waals surface area contributed by atoms with Gasteiger partial charge in [-0.25, -0.2) is 9.37 Å². The Balaban J connectivity index is 0.000000269. The largest absolute Gasteiger partial charge is 0.400 e. The predicted octanol–water partition coefficient (Wildman–Crippen LogP) is 4.41. The van der Waals surface area contributed by atoms with Crippen molar-refractivity contribution in [2.45, 2.75) is 89.3 Å². The number of carbonyl (C=O) groups excluding carboxylic acids is 3. The quantitative estimate of drug-likeness (QED) is 0.371. The first-order chi connectivity index (χ1) is 18.9. The van der Waals surface area contributed by atoms with Crippen LogP contribution in [0.3, 0.4) is 0 Å². The van der Waals surface area contributed by atoms with Gasteiger partial charge < -0.3 is 20.6 Å². The van der Waals surface area contributed by atoms with Crippen LogP contribution in [-0.2, 0) is 20.9 Å². The summed E-state index contributed by atoms with van der Waals surface area (Å²) in [6.45, 7) is 11.2. The van der Waals surface area contributed by atoms with Crippen molar-refractivity contribution in [1.82, 2.24) is 20.5 Å². The number of alkyl halides is 1. The molecule has 222 valence electrons. The predicted molar refractivity (Wildman–Crippen MR) is 161 cm³/mol. The average molecular weight is 595 g/mol. The molecular formula is C29H43FN4O4S2. The smallest absolute Gasteiger partial charge is 0.258 e. The summed E-state index contributed by atoms with van der Waals surface area (Å²) >= 11 is 3.16. The van der Waals surface area contributed by atoms with Crippen LogP contribution in [0, 0.1) is 13.8 Å². The molecule has 0 bridgehead atoms. The SMILES string of the molecule is CO.CSC(C)(C)C(NC(=O)C1(F)CC1)C(=O)N1CCCC1C.Cc1cc(-c2scnc2C)ccc1CNC=O. The molecule has 1 saturated carbocycles. The van der Waals surface area contributed by atoms with E-state index in [1.807, 2.05) is 44.4 Å². The number of thiazole rings is 1. The molecule has 2 aromatic rings. The van der Waals surface area contributed by atoms with E-state index in [-0.39, 0.29) is 24.8 Å². The third-order valence-corrected chi connectivity index (χ3v) is 9.67. The van der Waals surface area contributed by atoms with Crippen LogP contribution >= 0.6 is 23.1 Å². The number of rotatable bonds is 9. The molecule has 40 heavy (non-hydrogen) atoms. The number of aromatic nitrogens is 1. The van der Waals surface area contributed by atoms with Crippen LogP contribution in [0.15, 0.2) is 23.7 Å². The number of aryl methyl sites for hydroxylation is 2. The third-order valence-electron chi connectivity index (χ3n) is 7.40. The minimum absolute atomic E-state index is 0.0862. The van der Waals surface area contributed by atoms with Crippen LogP contribution in [0.5, 0.6) is 0 Å². The van der Waals surface area contributed by atoms with Gasteiger partial charge in [-0.1, -0.05) is 18.2 Å². The van der Waals surface area contributed by atoms with Crippen molar-refractivity contribution in [1.29, 1.82) is 0 Å². The molecule has 1 aromatic carbocycles. The number of carbonyl (C=O) groups is 3. The van der Waals surface area contributed by atoms with E-state index in [9.17, 15) is 18.8 Å². The van der Waals surface area contributed by atoms with Crippen molar-refractivity contribution in [2.75, 3.05) is 19.9 Å². The highest BCUT2D eigenvalue weighted by molar-refractivity contribution is 8.00. The van der Waals surface area contributed by atoms with Crippen LogP contribution in [0.25, 0.3) is 10.4 Å². The van der Waals surface area contributed by atoms with E-state index in [0.717, 1.165) is 44.2 Å². The Morgan fingerprint density at radius 2 is 2.00 bits per heavy atom. The van der Waals surface area contributed by atoms with Gasteiger partial charge in [0.15, 0.2) is 5.67 Å². The van der Waals surface area contributed by atoms with Gasteiger partial charge in [-0.05, 0) is 83.2 Å². The Labute approximate surface area is 245 Å². The molecule has 0 radical (unpaired) electrons. The summed E-state index contributed by atoms with van der Waals surface area (Å²) in [4.78, 5) is 42.4. The van der Waals surface area contributed by atoms with E-state index in [1.54, 1.807) is 11.3 Å². The number of likely N-dealkylation sites (tertiary alicyclic amines) is 1. The Morgan fingerprint density at radius 1 is 1.32 bits per heavy atom. The molecule has 1 aromatic heterocycles. The number of hydrogen-bond donors (Lipinski definition) is 3. The zero-order valence-electron chi connectivity index (χ0n) is 24.5. The Morgan fingerprint density at radius 3 is 2.48 bits per heavy atom. The first kappa shape index (κ1) is 33.7. The van der Waals surface area contributed by atoms with Crippen molar-refractivity contribution < 1.29 is 23.9 Å². The second-order valence-corrected chi connectivity index (χ2v) is 12.9. The summed E-state index contributed by atoms with van der Waals surface area (Å²) in [6, 6.07) is 5.78.